The molecule has 1 atom stereocenters. The van der Waals surface area contributed by atoms with Gasteiger partial charge >= 0.3 is 0 Å². The van der Waals surface area contributed by atoms with Gasteiger partial charge in [0.05, 0.1) is 15.3 Å². The molecule has 0 aliphatic heterocycles. The lowest BCUT2D eigenvalue weighted by Gasteiger charge is -2.10. The molecule has 1 aliphatic rings. The third-order valence-electron chi connectivity index (χ3n) is 2.97. The van der Waals surface area contributed by atoms with Crippen molar-refractivity contribution in [3.8, 4) is 0 Å². The second-order valence-electron chi connectivity index (χ2n) is 4.73. The van der Waals surface area contributed by atoms with E-state index in [0.717, 1.165) is 12.8 Å². The SMILES string of the molecule is C[C@H](Sc1nnc2c(Cl)cc(Cl)cn12)C(=O)NC1CC1. The number of hydrogen-bond donors (Lipinski definition) is 1. The Hall–Kier alpha value is -0.980. The van der Waals surface area contributed by atoms with Crippen LogP contribution >= 0.6 is 35.0 Å². The number of hydrogen-bond acceptors (Lipinski definition) is 4. The van der Waals surface area contributed by atoms with Crippen LogP contribution in [0.15, 0.2) is 17.4 Å². The van der Waals surface area contributed by atoms with Gasteiger partial charge in [-0.2, -0.15) is 0 Å². The molecular formula is C12H12Cl2N4OS. The minimum Gasteiger partial charge on any atom is -0.352 e. The van der Waals surface area contributed by atoms with Gasteiger partial charge in [-0.05, 0) is 25.8 Å². The molecule has 1 saturated carbocycles. The maximum atomic E-state index is 11.9. The first kappa shape index (κ1) is 14.0. The number of fused-ring (bicyclic) bond motifs is 1. The van der Waals surface area contributed by atoms with Gasteiger partial charge in [0.2, 0.25) is 5.91 Å². The standard InChI is InChI=1S/C12H12Cl2N4OS/c1-6(11(19)15-8-2-3-8)20-12-17-16-10-9(14)4-7(13)5-18(10)12/h4-6,8H,2-3H2,1H3,(H,15,19)/t6-/m0/s1. The topological polar surface area (TPSA) is 59.3 Å². The van der Waals surface area contributed by atoms with Gasteiger partial charge in [0.25, 0.3) is 0 Å². The van der Waals surface area contributed by atoms with E-state index in [1.54, 1.807) is 16.7 Å². The molecule has 20 heavy (non-hydrogen) atoms. The number of carbonyl (C=O) groups excluding carboxylic acids is 1. The third kappa shape index (κ3) is 2.87. The highest BCUT2D eigenvalue weighted by atomic mass is 35.5. The van der Waals surface area contributed by atoms with Crippen LogP contribution in [0.1, 0.15) is 19.8 Å². The first-order chi connectivity index (χ1) is 9.54. The summed E-state index contributed by atoms with van der Waals surface area (Å²) in [6.07, 6.45) is 3.83. The summed E-state index contributed by atoms with van der Waals surface area (Å²) in [5.41, 5.74) is 0.536. The van der Waals surface area contributed by atoms with E-state index in [9.17, 15) is 4.79 Å². The zero-order chi connectivity index (χ0) is 14.3. The molecule has 3 rings (SSSR count). The molecule has 2 aromatic heterocycles. The number of nitrogens with one attached hydrogen (secondary N) is 1. The van der Waals surface area contributed by atoms with Crippen molar-refractivity contribution < 1.29 is 4.79 Å². The molecule has 1 fully saturated rings. The molecule has 1 N–H and O–H groups in total. The largest absolute Gasteiger partial charge is 0.352 e. The van der Waals surface area contributed by atoms with Gasteiger partial charge in [-0.1, -0.05) is 35.0 Å². The Labute approximate surface area is 130 Å². The Kier molecular flexibility index (Phi) is 3.79. The average Bonchev–Trinajstić information content (AvgIpc) is 3.11. The number of amides is 1. The van der Waals surface area contributed by atoms with Gasteiger partial charge in [-0.25, -0.2) is 0 Å². The molecule has 0 saturated heterocycles. The van der Waals surface area contributed by atoms with E-state index < -0.39 is 0 Å². The monoisotopic (exact) mass is 330 g/mol. The molecule has 0 bridgehead atoms. The quantitative estimate of drug-likeness (QED) is 0.875. The van der Waals surface area contributed by atoms with E-state index in [4.69, 9.17) is 23.2 Å². The number of thioether (sulfide) groups is 1. The second-order valence-corrected chi connectivity index (χ2v) is 6.88. The molecule has 2 aromatic rings. The maximum Gasteiger partial charge on any atom is 0.233 e. The summed E-state index contributed by atoms with van der Waals surface area (Å²) in [6.45, 7) is 1.84. The van der Waals surface area contributed by atoms with Crippen molar-refractivity contribution in [1.82, 2.24) is 19.9 Å². The molecule has 0 spiro atoms. The van der Waals surface area contributed by atoms with Gasteiger partial charge in [0, 0.05) is 12.2 Å². The fourth-order valence-corrected chi connectivity index (χ4v) is 3.08. The number of carbonyl (C=O) groups is 1. The Bertz CT molecular complexity index is 671. The van der Waals surface area contributed by atoms with E-state index in [0.29, 0.717) is 26.9 Å². The van der Waals surface area contributed by atoms with Crippen molar-refractivity contribution in [3.05, 3.63) is 22.3 Å². The maximum absolute atomic E-state index is 11.9. The van der Waals surface area contributed by atoms with Gasteiger partial charge in [0.15, 0.2) is 10.8 Å². The van der Waals surface area contributed by atoms with Crippen molar-refractivity contribution in [2.24, 2.45) is 0 Å². The molecule has 0 aromatic carbocycles. The van der Waals surface area contributed by atoms with Crippen LogP contribution in [0.2, 0.25) is 10.0 Å². The number of aromatic nitrogens is 3. The molecule has 8 heteroatoms. The Morgan fingerprint density at radius 2 is 2.25 bits per heavy atom. The Balaban J connectivity index is 1.81. The van der Waals surface area contributed by atoms with Gasteiger partial charge in [-0.15, -0.1) is 10.2 Å². The zero-order valence-corrected chi connectivity index (χ0v) is 13.0. The molecule has 106 valence electrons. The van der Waals surface area contributed by atoms with Gasteiger partial charge in [-0.3, -0.25) is 9.20 Å². The number of rotatable bonds is 4. The molecule has 1 amide bonds. The highest BCUT2D eigenvalue weighted by Gasteiger charge is 2.26. The average molecular weight is 331 g/mol. The van der Waals surface area contributed by atoms with E-state index in [1.807, 2.05) is 6.92 Å². The zero-order valence-electron chi connectivity index (χ0n) is 10.6. The molecule has 0 radical (unpaired) electrons. The minimum atomic E-state index is -0.249. The summed E-state index contributed by atoms with van der Waals surface area (Å²) >= 11 is 13.4. The number of pyridine rings is 1. The van der Waals surface area contributed by atoms with Crippen molar-refractivity contribution >= 4 is 46.5 Å². The lowest BCUT2D eigenvalue weighted by atomic mass is 10.4. The highest BCUT2D eigenvalue weighted by molar-refractivity contribution is 8.00. The van der Waals surface area contributed by atoms with E-state index >= 15 is 0 Å². The summed E-state index contributed by atoms with van der Waals surface area (Å²) < 4.78 is 1.70. The van der Waals surface area contributed by atoms with E-state index in [2.05, 4.69) is 15.5 Å². The van der Waals surface area contributed by atoms with Crippen LogP contribution in [0.25, 0.3) is 5.65 Å². The summed E-state index contributed by atoms with van der Waals surface area (Å²) in [4.78, 5) is 11.9. The van der Waals surface area contributed by atoms with Crippen LogP contribution in [-0.2, 0) is 4.79 Å². The van der Waals surface area contributed by atoms with Crippen LogP contribution in [0.4, 0.5) is 0 Å². The summed E-state index contributed by atoms with van der Waals surface area (Å²) in [6, 6.07) is 1.97. The van der Waals surface area contributed by atoms with Crippen LogP contribution in [-0.4, -0.2) is 31.8 Å². The Morgan fingerprint density at radius 1 is 1.50 bits per heavy atom. The lowest BCUT2D eigenvalue weighted by Crippen LogP contribution is -2.32. The van der Waals surface area contributed by atoms with Gasteiger partial charge in [0.1, 0.15) is 0 Å². The van der Waals surface area contributed by atoms with E-state index in [-0.39, 0.29) is 11.2 Å². The third-order valence-corrected chi connectivity index (χ3v) is 4.51. The number of halogens is 2. The predicted octanol–water partition coefficient (Wildman–Crippen LogP) is 2.80. The fraction of sp³-hybridized carbons (Fsp3) is 0.417. The Morgan fingerprint density at radius 3 is 2.95 bits per heavy atom. The summed E-state index contributed by atoms with van der Waals surface area (Å²) in [7, 11) is 0. The van der Waals surface area contributed by atoms with Crippen LogP contribution < -0.4 is 5.32 Å². The van der Waals surface area contributed by atoms with Crippen LogP contribution in [0.5, 0.6) is 0 Å². The molecule has 1 aliphatic carbocycles. The predicted molar refractivity (Wildman–Crippen MR) is 79.5 cm³/mol. The summed E-state index contributed by atoms with van der Waals surface area (Å²) in [5.74, 6) is 0.0161. The van der Waals surface area contributed by atoms with Crippen molar-refractivity contribution in [2.45, 2.75) is 36.2 Å². The molecule has 2 heterocycles. The highest BCUT2D eigenvalue weighted by Crippen LogP contribution is 2.28. The van der Waals surface area contributed by atoms with Crippen LogP contribution in [0.3, 0.4) is 0 Å². The summed E-state index contributed by atoms with van der Waals surface area (Å²) in [5, 5.41) is 12.3. The fourth-order valence-electron chi connectivity index (χ4n) is 1.74. The first-order valence-electron chi connectivity index (χ1n) is 6.21. The minimum absolute atomic E-state index is 0.0161. The van der Waals surface area contributed by atoms with E-state index in [1.165, 1.54) is 11.8 Å². The van der Waals surface area contributed by atoms with Gasteiger partial charge < -0.3 is 5.32 Å². The first-order valence-corrected chi connectivity index (χ1v) is 7.85. The molecule has 0 unspecified atom stereocenters. The van der Waals surface area contributed by atoms with Crippen molar-refractivity contribution in [1.29, 1.82) is 0 Å². The normalized spacial score (nSPS) is 16.4. The second kappa shape index (κ2) is 5.42. The van der Waals surface area contributed by atoms with Crippen molar-refractivity contribution in [2.75, 3.05) is 0 Å². The molecule has 5 nitrogen and oxygen atoms in total. The van der Waals surface area contributed by atoms with Crippen LogP contribution in [0, 0.1) is 0 Å². The smallest absolute Gasteiger partial charge is 0.233 e. The number of nitrogens with zero attached hydrogens (tertiary/aromatic N) is 3. The molecular weight excluding hydrogens is 319 g/mol. The van der Waals surface area contributed by atoms with Crippen molar-refractivity contribution in [3.63, 3.8) is 0 Å². The lowest BCUT2D eigenvalue weighted by molar-refractivity contribution is -0.120.